The second-order valence-corrected chi connectivity index (χ2v) is 4.82. The van der Waals surface area contributed by atoms with E-state index in [0.29, 0.717) is 0 Å². The first kappa shape index (κ1) is 8.62. The summed E-state index contributed by atoms with van der Waals surface area (Å²) in [4.78, 5) is 11.5. The van der Waals surface area contributed by atoms with Crippen molar-refractivity contribution in [2.24, 2.45) is 5.41 Å². The van der Waals surface area contributed by atoms with E-state index in [0.717, 1.165) is 32.1 Å². The van der Waals surface area contributed by atoms with Crippen LogP contribution in [0.15, 0.2) is 12.2 Å². The summed E-state index contributed by atoms with van der Waals surface area (Å²) in [6.07, 6.45) is 7.52. The molecule has 0 aromatic rings. The molecule has 3 aliphatic carbocycles. The zero-order valence-corrected chi connectivity index (χ0v) is 7.99. The van der Waals surface area contributed by atoms with E-state index in [1.807, 2.05) is 0 Å². The Labute approximate surface area is 82.4 Å². The lowest BCUT2D eigenvalue weighted by Crippen LogP contribution is -2.30. The van der Waals surface area contributed by atoms with Crippen LogP contribution in [-0.4, -0.2) is 27.2 Å². The van der Waals surface area contributed by atoms with Crippen LogP contribution in [0.4, 0.5) is 0 Å². The van der Waals surface area contributed by atoms with Crippen LogP contribution in [0.5, 0.6) is 0 Å². The number of rotatable bonds is 0. The van der Waals surface area contributed by atoms with E-state index in [2.05, 4.69) is 0 Å². The average molecular weight is 194 g/mol. The highest BCUT2D eigenvalue weighted by molar-refractivity contribution is 6.07. The number of aliphatic hydroxyl groups is 2. The van der Waals surface area contributed by atoms with Crippen molar-refractivity contribution in [3.8, 4) is 0 Å². The molecule has 2 saturated carbocycles. The van der Waals surface area contributed by atoms with Crippen molar-refractivity contribution in [2.45, 2.75) is 43.3 Å². The smallest absolute Gasteiger partial charge is 0.191 e. The predicted octanol–water partition coefficient (Wildman–Crippen LogP) is 0.552. The molecule has 0 aromatic carbocycles. The molecule has 0 amide bonds. The van der Waals surface area contributed by atoms with Gasteiger partial charge in [0.25, 0.3) is 0 Å². The summed E-state index contributed by atoms with van der Waals surface area (Å²) in [5.41, 5.74) is -3.25. The monoisotopic (exact) mass is 194 g/mol. The molecule has 2 unspecified atom stereocenters. The Morgan fingerprint density at radius 1 is 1.14 bits per heavy atom. The standard InChI is InChI=1S/C11H14O3/c12-8-4-7-10(13)9(11(8,10)14)5-2-1-3-6-9/h4,7,13-14H,1-3,5-6H2. The lowest BCUT2D eigenvalue weighted by atomic mass is 9.80. The maximum absolute atomic E-state index is 11.5. The molecule has 3 nitrogen and oxygen atoms in total. The van der Waals surface area contributed by atoms with Crippen molar-refractivity contribution in [1.82, 2.24) is 0 Å². The van der Waals surface area contributed by atoms with Crippen LogP contribution in [0.25, 0.3) is 0 Å². The van der Waals surface area contributed by atoms with Crippen LogP contribution >= 0.6 is 0 Å². The van der Waals surface area contributed by atoms with Gasteiger partial charge >= 0.3 is 0 Å². The molecule has 76 valence electrons. The summed E-state index contributed by atoms with van der Waals surface area (Å²) in [5.74, 6) is -0.304. The van der Waals surface area contributed by atoms with Crippen molar-refractivity contribution in [2.75, 3.05) is 0 Å². The van der Waals surface area contributed by atoms with Gasteiger partial charge in [0, 0.05) is 5.41 Å². The molecular weight excluding hydrogens is 180 g/mol. The third kappa shape index (κ3) is 0.563. The first-order valence-corrected chi connectivity index (χ1v) is 5.27. The lowest BCUT2D eigenvalue weighted by molar-refractivity contribution is -0.128. The van der Waals surface area contributed by atoms with Gasteiger partial charge in [0.1, 0.15) is 5.60 Å². The van der Waals surface area contributed by atoms with E-state index >= 15 is 0 Å². The van der Waals surface area contributed by atoms with Crippen LogP contribution in [0.3, 0.4) is 0 Å². The summed E-state index contributed by atoms with van der Waals surface area (Å²) >= 11 is 0. The molecule has 3 aliphatic rings. The highest BCUT2D eigenvalue weighted by Gasteiger charge is 2.89. The zero-order chi connectivity index (χ0) is 10.0. The third-order valence-corrected chi connectivity index (χ3v) is 4.45. The Kier molecular flexibility index (Phi) is 1.31. The summed E-state index contributed by atoms with van der Waals surface area (Å²) in [6, 6.07) is 0. The van der Waals surface area contributed by atoms with Gasteiger partial charge in [-0.05, 0) is 25.0 Å². The van der Waals surface area contributed by atoms with E-state index in [1.54, 1.807) is 0 Å². The minimum absolute atomic E-state index is 0.304. The highest BCUT2D eigenvalue weighted by Crippen LogP contribution is 2.74. The van der Waals surface area contributed by atoms with Gasteiger partial charge in [-0.2, -0.15) is 0 Å². The fourth-order valence-corrected chi connectivity index (χ4v) is 3.60. The molecule has 3 rings (SSSR count). The molecule has 0 bridgehead atoms. The minimum Gasteiger partial charge on any atom is -0.381 e. The van der Waals surface area contributed by atoms with Crippen molar-refractivity contribution in [1.29, 1.82) is 0 Å². The van der Waals surface area contributed by atoms with Crippen LogP contribution < -0.4 is 0 Å². The molecule has 2 fully saturated rings. The molecule has 0 aliphatic heterocycles. The Morgan fingerprint density at radius 3 is 2.29 bits per heavy atom. The largest absolute Gasteiger partial charge is 0.381 e. The molecule has 14 heavy (non-hydrogen) atoms. The van der Waals surface area contributed by atoms with E-state index in [4.69, 9.17) is 0 Å². The summed E-state index contributed by atoms with van der Waals surface area (Å²) in [6.45, 7) is 0. The Balaban J connectivity index is 2.05. The number of hydrogen-bond donors (Lipinski definition) is 2. The van der Waals surface area contributed by atoms with Gasteiger partial charge in [0.05, 0.1) is 0 Å². The molecular formula is C11H14O3. The molecule has 0 radical (unpaired) electrons. The quantitative estimate of drug-likeness (QED) is 0.592. The zero-order valence-electron chi connectivity index (χ0n) is 7.99. The van der Waals surface area contributed by atoms with Crippen LogP contribution in [0.2, 0.25) is 0 Å². The maximum atomic E-state index is 11.5. The van der Waals surface area contributed by atoms with Gasteiger partial charge in [-0.15, -0.1) is 0 Å². The number of fused-ring (bicyclic) bond motifs is 3. The number of hydrogen-bond acceptors (Lipinski definition) is 3. The molecule has 0 aromatic heterocycles. The normalized spacial score (nSPS) is 48.3. The van der Waals surface area contributed by atoms with Crippen LogP contribution in [0, 0.1) is 5.41 Å². The van der Waals surface area contributed by atoms with Crippen molar-refractivity contribution >= 4 is 5.78 Å². The van der Waals surface area contributed by atoms with Gasteiger partial charge < -0.3 is 10.2 Å². The summed E-state index contributed by atoms with van der Waals surface area (Å²) in [7, 11) is 0. The summed E-state index contributed by atoms with van der Waals surface area (Å²) in [5, 5.41) is 20.4. The van der Waals surface area contributed by atoms with E-state index in [-0.39, 0.29) is 5.78 Å². The minimum atomic E-state index is -1.47. The molecule has 2 N–H and O–H groups in total. The average Bonchev–Trinajstić information content (AvgIpc) is 2.47. The lowest BCUT2D eigenvalue weighted by Gasteiger charge is -2.25. The van der Waals surface area contributed by atoms with E-state index in [1.165, 1.54) is 12.2 Å². The first-order valence-electron chi connectivity index (χ1n) is 5.27. The van der Waals surface area contributed by atoms with Gasteiger partial charge in [-0.25, -0.2) is 0 Å². The van der Waals surface area contributed by atoms with Crippen LogP contribution in [-0.2, 0) is 4.79 Å². The van der Waals surface area contributed by atoms with Crippen molar-refractivity contribution in [3.05, 3.63) is 12.2 Å². The van der Waals surface area contributed by atoms with E-state index < -0.39 is 16.6 Å². The fourth-order valence-electron chi connectivity index (χ4n) is 3.60. The number of carbonyl (C=O) groups excluding carboxylic acids is 1. The van der Waals surface area contributed by atoms with Crippen molar-refractivity contribution < 1.29 is 15.0 Å². The number of ketones is 1. The molecule has 2 atom stereocenters. The van der Waals surface area contributed by atoms with Crippen LogP contribution in [0.1, 0.15) is 32.1 Å². The second kappa shape index (κ2) is 2.12. The molecule has 1 spiro atoms. The van der Waals surface area contributed by atoms with Gasteiger partial charge in [0.2, 0.25) is 0 Å². The van der Waals surface area contributed by atoms with Gasteiger partial charge in [-0.1, -0.05) is 19.3 Å². The second-order valence-electron chi connectivity index (χ2n) is 4.82. The Bertz CT molecular complexity index is 340. The molecule has 0 heterocycles. The van der Waals surface area contributed by atoms with E-state index in [9.17, 15) is 15.0 Å². The SMILES string of the molecule is O=C1C=CC2(O)C3(CCCCC3)C12O. The predicted molar refractivity (Wildman–Crippen MR) is 49.6 cm³/mol. The highest BCUT2D eigenvalue weighted by atomic mass is 16.4. The molecule has 3 heteroatoms. The van der Waals surface area contributed by atoms with Gasteiger partial charge in [0.15, 0.2) is 11.4 Å². The third-order valence-electron chi connectivity index (χ3n) is 4.45. The fraction of sp³-hybridized carbons (Fsp3) is 0.727. The van der Waals surface area contributed by atoms with Gasteiger partial charge in [-0.3, -0.25) is 4.79 Å². The Hall–Kier alpha value is -0.670. The summed E-state index contributed by atoms with van der Waals surface area (Å²) < 4.78 is 0. The maximum Gasteiger partial charge on any atom is 0.191 e. The van der Waals surface area contributed by atoms with Crippen molar-refractivity contribution in [3.63, 3.8) is 0 Å². The molecule has 0 saturated heterocycles. The topological polar surface area (TPSA) is 57.5 Å². The number of carbonyl (C=O) groups is 1. The first-order chi connectivity index (χ1) is 6.58. The Morgan fingerprint density at radius 2 is 1.79 bits per heavy atom.